The van der Waals surface area contributed by atoms with Gasteiger partial charge in [-0.05, 0) is 33.1 Å². The Morgan fingerprint density at radius 3 is 2.42 bits per heavy atom. The van der Waals surface area contributed by atoms with E-state index in [1.54, 1.807) is 0 Å². The Bertz CT molecular complexity index is 738. The van der Waals surface area contributed by atoms with Gasteiger partial charge in [0.15, 0.2) is 0 Å². The molecule has 24 heavy (non-hydrogen) atoms. The zero-order valence-corrected chi connectivity index (χ0v) is 13.9. The third-order valence-electron chi connectivity index (χ3n) is 4.15. The van der Waals surface area contributed by atoms with Gasteiger partial charge in [0.05, 0.1) is 5.92 Å². The zero-order chi connectivity index (χ0) is 18.3. The van der Waals surface area contributed by atoms with Crippen LogP contribution in [0.2, 0.25) is 0 Å². The fraction of sp³-hybridized carbons (Fsp3) is 0.643. The highest BCUT2D eigenvalue weighted by molar-refractivity contribution is 7.89. The van der Waals surface area contributed by atoms with Crippen LogP contribution in [0.1, 0.15) is 47.6 Å². The predicted molar refractivity (Wildman–Crippen MR) is 77.3 cm³/mol. The van der Waals surface area contributed by atoms with Gasteiger partial charge in [-0.2, -0.15) is 13.2 Å². The van der Waals surface area contributed by atoms with Gasteiger partial charge in [-0.1, -0.05) is 6.42 Å². The van der Waals surface area contributed by atoms with Gasteiger partial charge in [0.2, 0.25) is 10.0 Å². The summed E-state index contributed by atoms with van der Waals surface area (Å²) in [7, 11) is -4.31. The first kappa shape index (κ1) is 18.8. The number of sulfonamides is 1. The van der Waals surface area contributed by atoms with Crippen molar-refractivity contribution in [3.63, 3.8) is 0 Å². The highest BCUT2D eigenvalue weighted by Crippen LogP contribution is 2.38. The van der Waals surface area contributed by atoms with E-state index in [0.717, 1.165) is 0 Å². The largest absolute Gasteiger partial charge is 0.478 e. The molecule has 1 aromatic rings. The molecule has 136 valence electrons. The second-order valence-electron chi connectivity index (χ2n) is 5.95. The summed E-state index contributed by atoms with van der Waals surface area (Å²) in [5.41, 5.74) is -0.497. The second-order valence-corrected chi connectivity index (χ2v) is 7.60. The number of rotatable bonds is 4. The summed E-state index contributed by atoms with van der Waals surface area (Å²) >= 11 is 0. The second kappa shape index (κ2) is 6.40. The Balaban J connectivity index is 2.28. The minimum atomic E-state index is -4.38. The zero-order valence-electron chi connectivity index (χ0n) is 13.1. The summed E-state index contributed by atoms with van der Waals surface area (Å²) in [6, 6.07) is -0.897. The average molecular weight is 369 g/mol. The Morgan fingerprint density at radius 1 is 1.25 bits per heavy atom. The maximum atomic E-state index is 12.8. The van der Waals surface area contributed by atoms with Crippen LogP contribution >= 0.6 is 0 Å². The number of carbonyl (C=O) groups is 1. The molecule has 1 aliphatic carbocycles. The van der Waals surface area contributed by atoms with Crippen LogP contribution < -0.4 is 4.72 Å². The fourth-order valence-electron chi connectivity index (χ4n) is 3.11. The molecule has 10 heteroatoms. The number of carboxylic acid groups (broad SMARTS) is 1. The molecule has 6 nitrogen and oxygen atoms in total. The smallest absolute Gasteiger partial charge is 0.391 e. The van der Waals surface area contributed by atoms with Crippen LogP contribution in [-0.2, 0) is 10.0 Å². The average Bonchev–Trinajstić information content (AvgIpc) is 2.73. The lowest BCUT2D eigenvalue weighted by Crippen LogP contribution is -2.41. The van der Waals surface area contributed by atoms with Gasteiger partial charge in [-0.15, -0.1) is 0 Å². The minimum absolute atomic E-state index is 0.0358. The van der Waals surface area contributed by atoms with Crippen LogP contribution in [0.5, 0.6) is 0 Å². The van der Waals surface area contributed by atoms with E-state index in [4.69, 9.17) is 4.42 Å². The molecule has 0 bridgehead atoms. The molecular formula is C14H18F3NO5S. The minimum Gasteiger partial charge on any atom is -0.478 e. The highest BCUT2D eigenvalue weighted by atomic mass is 32.2. The normalized spacial score (nSPS) is 22.5. The third kappa shape index (κ3) is 3.75. The van der Waals surface area contributed by atoms with E-state index in [0.29, 0.717) is 0 Å². The van der Waals surface area contributed by atoms with E-state index in [9.17, 15) is 31.5 Å². The lowest BCUT2D eigenvalue weighted by molar-refractivity contribution is -0.183. The van der Waals surface area contributed by atoms with Gasteiger partial charge in [-0.25, -0.2) is 17.9 Å². The first-order chi connectivity index (χ1) is 10.9. The van der Waals surface area contributed by atoms with Crippen molar-refractivity contribution in [1.82, 2.24) is 4.72 Å². The predicted octanol–water partition coefficient (Wildman–Crippen LogP) is 2.99. The number of furan rings is 1. The van der Waals surface area contributed by atoms with Crippen molar-refractivity contribution < 1.29 is 35.9 Å². The Hall–Kier alpha value is -1.55. The van der Waals surface area contributed by atoms with E-state index in [1.807, 2.05) is 0 Å². The quantitative estimate of drug-likeness (QED) is 0.850. The molecule has 1 aromatic heterocycles. The molecule has 2 rings (SSSR count). The first-order valence-electron chi connectivity index (χ1n) is 7.35. The van der Waals surface area contributed by atoms with Gasteiger partial charge in [0.1, 0.15) is 22.0 Å². The number of alkyl halides is 3. The van der Waals surface area contributed by atoms with Gasteiger partial charge in [0, 0.05) is 6.04 Å². The maximum Gasteiger partial charge on any atom is 0.391 e. The molecule has 0 aromatic carbocycles. The SMILES string of the molecule is Cc1oc(C)c(S(=O)(=O)NC2CCCC(C(F)(F)F)C2)c1C(=O)O. The molecule has 1 saturated carbocycles. The van der Waals surface area contributed by atoms with Crippen molar-refractivity contribution >= 4 is 16.0 Å². The van der Waals surface area contributed by atoms with Gasteiger partial charge in [0.25, 0.3) is 0 Å². The van der Waals surface area contributed by atoms with E-state index in [-0.39, 0.29) is 37.2 Å². The van der Waals surface area contributed by atoms with Crippen LogP contribution in [-0.4, -0.2) is 31.7 Å². The van der Waals surface area contributed by atoms with Crippen LogP contribution in [0, 0.1) is 19.8 Å². The fourth-order valence-corrected chi connectivity index (χ4v) is 4.80. The number of aryl methyl sites for hydroxylation is 2. The number of aromatic carboxylic acids is 1. The summed E-state index contributed by atoms with van der Waals surface area (Å²) in [4.78, 5) is 10.8. The molecule has 1 aliphatic rings. The van der Waals surface area contributed by atoms with Crippen molar-refractivity contribution in [2.45, 2.75) is 56.6 Å². The Labute approximate surface area is 137 Å². The number of carboxylic acids is 1. The first-order valence-corrected chi connectivity index (χ1v) is 8.84. The number of nitrogens with one attached hydrogen (secondary N) is 1. The molecule has 1 heterocycles. The molecule has 1 fully saturated rings. The highest BCUT2D eigenvalue weighted by Gasteiger charge is 2.43. The summed E-state index contributed by atoms with van der Waals surface area (Å²) in [6.45, 7) is 2.61. The van der Waals surface area contributed by atoms with Crippen molar-refractivity contribution in [2.24, 2.45) is 5.92 Å². The van der Waals surface area contributed by atoms with E-state index >= 15 is 0 Å². The van der Waals surface area contributed by atoms with E-state index in [2.05, 4.69) is 4.72 Å². The molecule has 2 atom stereocenters. The molecule has 0 saturated heterocycles. The van der Waals surface area contributed by atoms with E-state index < -0.39 is 44.6 Å². The summed E-state index contributed by atoms with van der Waals surface area (Å²) < 4.78 is 70.8. The molecular weight excluding hydrogens is 351 g/mol. The van der Waals surface area contributed by atoms with Crippen molar-refractivity contribution in [1.29, 1.82) is 0 Å². The van der Waals surface area contributed by atoms with Crippen LogP contribution in [0.25, 0.3) is 0 Å². The van der Waals surface area contributed by atoms with Crippen LogP contribution in [0.4, 0.5) is 13.2 Å². The van der Waals surface area contributed by atoms with Crippen molar-refractivity contribution in [2.75, 3.05) is 0 Å². The van der Waals surface area contributed by atoms with Crippen molar-refractivity contribution in [3.05, 3.63) is 17.1 Å². The van der Waals surface area contributed by atoms with Crippen molar-refractivity contribution in [3.8, 4) is 0 Å². The van der Waals surface area contributed by atoms with Gasteiger partial charge >= 0.3 is 12.1 Å². The molecule has 0 amide bonds. The van der Waals surface area contributed by atoms with Gasteiger partial charge in [-0.3, -0.25) is 0 Å². The summed E-state index contributed by atoms with van der Waals surface area (Å²) in [5, 5.41) is 9.18. The number of hydrogen-bond donors (Lipinski definition) is 2. The Kier molecular flexibility index (Phi) is 5.01. The monoisotopic (exact) mass is 369 g/mol. The third-order valence-corrected chi connectivity index (χ3v) is 5.82. The summed E-state index contributed by atoms with van der Waals surface area (Å²) in [5.74, 6) is -3.22. The lowest BCUT2D eigenvalue weighted by atomic mass is 9.86. The molecule has 2 unspecified atom stereocenters. The number of hydrogen-bond acceptors (Lipinski definition) is 4. The Morgan fingerprint density at radius 2 is 1.88 bits per heavy atom. The van der Waals surface area contributed by atoms with Crippen LogP contribution in [0.15, 0.2) is 9.31 Å². The molecule has 2 N–H and O–H groups in total. The van der Waals surface area contributed by atoms with Crippen LogP contribution in [0.3, 0.4) is 0 Å². The summed E-state index contributed by atoms with van der Waals surface area (Å²) in [6.07, 6.45) is -4.26. The van der Waals surface area contributed by atoms with Gasteiger partial charge < -0.3 is 9.52 Å². The maximum absolute atomic E-state index is 12.8. The molecule has 0 spiro atoms. The lowest BCUT2D eigenvalue weighted by Gasteiger charge is -2.30. The topological polar surface area (TPSA) is 96.6 Å². The standard InChI is InChI=1S/C14H18F3NO5S/c1-7-11(13(19)20)12(8(2)23-7)24(21,22)18-10-5-3-4-9(6-10)14(15,16)17/h9-10,18H,3-6H2,1-2H3,(H,19,20). The molecule has 0 aliphatic heterocycles. The molecule has 0 radical (unpaired) electrons. The van der Waals surface area contributed by atoms with E-state index in [1.165, 1.54) is 13.8 Å². The number of halogens is 3.